The van der Waals surface area contributed by atoms with Crippen LogP contribution in [0.3, 0.4) is 0 Å². The Morgan fingerprint density at radius 3 is 2.80 bits per heavy atom. The average molecular weight is 340 g/mol. The van der Waals surface area contributed by atoms with Gasteiger partial charge in [-0.3, -0.25) is 0 Å². The van der Waals surface area contributed by atoms with Gasteiger partial charge in [-0.15, -0.1) is 0 Å². The summed E-state index contributed by atoms with van der Waals surface area (Å²) in [7, 11) is -2.33. The fourth-order valence-electron chi connectivity index (χ4n) is 2.35. The third kappa shape index (κ3) is 2.89. The SMILES string of the molecule is COCC1CCCN1S(=O)(=O)c1cc(Cl)cc(Cl)c1O. The van der Waals surface area contributed by atoms with Gasteiger partial charge in [0.25, 0.3) is 0 Å². The molecule has 112 valence electrons. The molecule has 8 heteroatoms. The second kappa shape index (κ2) is 6.07. The standard InChI is InChI=1S/C12H15Cl2NO4S/c1-19-7-9-3-2-4-15(9)20(17,18)11-6-8(13)5-10(14)12(11)16/h5-6,9,16H,2-4,7H2,1H3. The summed E-state index contributed by atoms with van der Waals surface area (Å²) in [5.41, 5.74) is 0. The zero-order valence-electron chi connectivity index (χ0n) is 10.8. The van der Waals surface area contributed by atoms with Gasteiger partial charge in [0.1, 0.15) is 4.90 Å². The molecule has 1 unspecified atom stereocenters. The number of sulfonamides is 1. The predicted molar refractivity (Wildman–Crippen MR) is 76.9 cm³/mol. The third-order valence-corrected chi connectivity index (χ3v) is 5.73. The van der Waals surface area contributed by atoms with Gasteiger partial charge in [-0.2, -0.15) is 4.31 Å². The zero-order chi connectivity index (χ0) is 14.9. The van der Waals surface area contributed by atoms with Gasteiger partial charge in [0.05, 0.1) is 11.6 Å². The summed E-state index contributed by atoms with van der Waals surface area (Å²) in [5.74, 6) is -0.473. The summed E-state index contributed by atoms with van der Waals surface area (Å²) in [6, 6.07) is 2.27. The van der Waals surface area contributed by atoms with E-state index < -0.39 is 15.8 Å². The summed E-state index contributed by atoms with van der Waals surface area (Å²) in [5, 5.41) is 9.98. The molecule has 0 spiro atoms. The van der Waals surface area contributed by atoms with Crippen LogP contribution in [0.4, 0.5) is 0 Å². The number of ether oxygens (including phenoxy) is 1. The monoisotopic (exact) mass is 339 g/mol. The Hall–Kier alpha value is -0.530. The number of phenolic OH excluding ortho intramolecular Hbond substituents is 1. The van der Waals surface area contributed by atoms with Crippen molar-refractivity contribution >= 4 is 33.2 Å². The highest BCUT2D eigenvalue weighted by molar-refractivity contribution is 7.89. The highest BCUT2D eigenvalue weighted by Crippen LogP contribution is 2.37. The topological polar surface area (TPSA) is 66.8 Å². The van der Waals surface area contributed by atoms with Crippen LogP contribution in [0, 0.1) is 0 Å². The van der Waals surface area contributed by atoms with Crippen molar-refractivity contribution in [2.24, 2.45) is 0 Å². The summed E-state index contributed by atoms with van der Waals surface area (Å²) in [6.45, 7) is 0.703. The first-order chi connectivity index (χ1) is 9.37. The van der Waals surface area contributed by atoms with Crippen molar-refractivity contribution in [3.05, 3.63) is 22.2 Å². The van der Waals surface area contributed by atoms with Crippen LogP contribution in [0.2, 0.25) is 10.0 Å². The number of phenols is 1. The van der Waals surface area contributed by atoms with Crippen molar-refractivity contribution in [2.45, 2.75) is 23.8 Å². The number of halogens is 2. The molecule has 1 aliphatic rings. The van der Waals surface area contributed by atoms with Gasteiger partial charge < -0.3 is 9.84 Å². The van der Waals surface area contributed by atoms with E-state index in [1.807, 2.05) is 0 Å². The molecule has 1 saturated heterocycles. The van der Waals surface area contributed by atoms with E-state index in [-0.39, 0.29) is 21.0 Å². The van der Waals surface area contributed by atoms with Crippen LogP contribution in [-0.2, 0) is 14.8 Å². The fraction of sp³-hybridized carbons (Fsp3) is 0.500. The van der Waals surface area contributed by atoms with E-state index in [4.69, 9.17) is 27.9 Å². The van der Waals surface area contributed by atoms with E-state index in [0.29, 0.717) is 13.2 Å². The smallest absolute Gasteiger partial charge is 0.247 e. The van der Waals surface area contributed by atoms with Crippen LogP contribution in [0.1, 0.15) is 12.8 Å². The van der Waals surface area contributed by atoms with Crippen LogP contribution in [0.5, 0.6) is 5.75 Å². The van der Waals surface area contributed by atoms with Gasteiger partial charge in [-0.1, -0.05) is 23.2 Å². The number of aromatic hydroxyl groups is 1. The van der Waals surface area contributed by atoms with Crippen molar-refractivity contribution in [3.8, 4) is 5.75 Å². The normalized spacial score (nSPS) is 20.4. The molecular formula is C12H15Cl2NO4S. The van der Waals surface area contributed by atoms with E-state index in [2.05, 4.69) is 0 Å². The molecular weight excluding hydrogens is 325 g/mol. The lowest BCUT2D eigenvalue weighted by atomic mass is 10.2. The van der Waals surface area contributed by atoms with Crippen LogP contribution < -0.4 is 0 Å². The molecule has 1 aliphatic heterocycles. The second-order valence-electron chi connectivity index (χ2n) is 4.60. The lowest BCUT2D eigenvalue weighted by Gasteiger charge is -2.24. The molecule has 1 fully saturated rings. The maximum absolute atomic E-state index is 12.6. The fourth-order valence-corrected chi connectivity index (χ4v) is 4.78. The minimum Gasteiger partial charge on any atom is -0.505 e. The number of hydrogen-bond acceptors (Lipinski definition) is 4. The van der Waals surface area contributed by atoms with Crippen molar-refractivity contribution in [1.29, 1.82) is 0 Å². The Morgan fingerprint density at radius 1 is 1.45 bits per heavy atom. The Kier molecular flexibility index (Phi) is 4.81. The van der Waals surface area contributed by atoms with Gasteiger partial charge in [0.15, 0.2) is 5.75 Å². The molecule has 20 heavy (non-hydrogen) atoms. The van der Waals surface area contributed by atoms with Crippen LogP contribution >= 0.6 is 23.2 Å². The number of methoxy groups -OCH3 is 1. The molecule has 0 aliphatic carbocycles. The minimum absolute atomic E-state index is 0.0847. The maximum Gasteiger partial charge on any atom is 0.247 e. The van der Waals surface area contributed by atoms with E-state index in [9.17, 15) is 13.5 Å². The molecule has 1 heterocycles. The van der Waals surface area contributed by atoms with Gasteiger partial charge in [-0.25, -0.2) is 8.42 Å². The van der Waals surface area contributed by atoms with E-state index in [1.165, 1.54) is 23.5 Å². The summed E-state index contributed by atoms with van der Waals surface area (Å²) in [4.78, 5) is -0.266. The van der Waals surface area contributed by atoms with Crippen molar-refractivity contribution in [1.82, 2.24) is 4.31 Å². The molecule has 0 saturated carbocycles. The first-order valence-corrected chi connectivity index (χ1v) is 8.26. The molecule has 5 nitrogen and oxygen atoms in total. The van der Waals surface area contributed by atoms with Crippen molar-refractivity contribution in [2.75, 3.05) is 20.3 Å². The minimum atomic E-state index is -3.85. The molecule has 0 amide bonds. The summed E-state index contributed by atoms with van der Waals surface area (Å²) in [6.07, 6.45) is 1.48. The number of benzene rings is 1. The third-order valence-electron chi connectivity index (χ3n) is 3.26. The highest BCUT2D eigenvalue weighted by atomic mass is 35.5. The molecule has 1 aromatic rings. The van der Waals surface area contributed by atoms with Gasteiger partial charge in [0.2, 0.25) is 10.0 Å². The summed E-state index contributed by atoms with van der Waals surface area (Å²) >= 11 is 11.6. The van der Waals surface area contributed by atoms with Crippen LogP contribution in [0.15, 0.2) is 17.0 Å². The van der Waals surface area contributed by atoms with Gasteiger partial charge in [-0.05, 0) is 25.0 Å². The predicted octanol–water partition coefficient (Wildman–Crippen LogP) is 2.50. The van der Waals surface area contributed by atoms with E-state index in [0.717, 1.165) is 12.8 Å². The lowest BCUT2D eigenvalue weighted by molar-refractivity contribution is 0.149. The molecule has 0 aromatic heterocycles. The molecule has 1 aromatic carbocycles. The molecule has 1 atom stereocenters. The molecule has 2 rings (SSSR count). The maximum atomic E-state index is 12.6. The largest absolute Gasteiger partial charge is 0.505 e. The zero-order valence-corrected chi connectivity index (χ0v) is 13.2. The molecule has 0 bridgehead atoms. The Labute approximate surface area is 128 Å². The van der Waals surface area contributed by atoms with Crippen LogP contribution in [0.25, 0.3) is 0 Å². The molecule has 1 N–H and O–H groups in total. The van der Waals surface area contributed by atoms with Gasteiger partial charge in [0, 0.05) is 24.7 Å². The summed E-state index contributed by atoms with van der Waals surface area (Å²) < 4.78 is 31.7. The quantitative estimate of drug-likeness (QED) is 0.915. The van der Waals surface area contributed by atoms with Crippen molar-refractivity contribution < 1.29 is 18.3 Å². The van der Waals surface area contributed by atoms with Crippen molar-refractivity contribution in [3.63, 3.8) is 0 Å². The first kappa shape index (κ1) is 15.9. The number of rotatable bonds is 4. The Balaban J connectivity index is 2.45. The Bertz CT molecular complexity index is 606. The second-order valence-corrected chi connectivity index (χ2v) is 7.30. The van der Waals surface area contributed by atoms with Gasteiger partial charge >= 0.3 is 0 Å². The number of hydrogen-bond donors (Lipinski definition) is 1. The first-order valence-electron chi connectivity index (χ1n) is 6.06. The highest BCUT2D eigenvalue weighted by Gasteiger charge is 2.37. The van der Waals surface area contributed by atoms with E-state index in [1.54, 1.807) is 0 Å². The molecule has 0 radical (unpaired) electrons. The Morgan fingerprint density at radius 2 is 2.15 bits per heavy atom. The number of nitrogens with zero attached hydrogens (tertiary/aromatic N) is 1. The van der Waals surface area contributed by atoms with E-state index >= 15 is 0 Å². The van der Waals surface area contributed by atoms with Crippen LogP contribution in [-0.4, -0.2) is 44.1 Å². The lowest BCUT2D eigenvalue weighted by Crippen LogP contribution is -2.38. The average Bonchev–Trinajstić information content (AvgIpc) is 2.83.